The molecule has 11 heavy (non-hydrogen) atoms. The van der Waals surface area contributed by atoms with Crippen molar-refractivity contribution in [2.24, 2.45) is 0 Å². The average molecular weight is 263 g/mol. The van der Waals surface area contributed by atoms with Gasteiger partial charge in [-0.25, -0.2) is 9.37 Å². The molecule has 2 nitrogen and oxygen atoms in total. The third kappa shape index (κ3) is 1.22. The zero-order valence-corrected chi connectivity index (χ0v) is 7.50. The number of benzene rings is 1. The molecule has 0 amide bonds. The molecule has 4 heteroatoms. The minimum Gasteiger partial charge on any atom is -0.432 e. The lowest BCUT2D eigenvalue weighted by Gasteiger charge is -1.84. The lowest BCUT2D eigenvalue weighted by Crippen LogP contribution is -1.72. The number of nitrogens with zero attached hydrogens (tertiary/aromatic N) is 1. The van der Waals surface area contributed by atoms with Crippen LogP contribution in [0.1, 0.15) is 0 Å². The number of oxazole rings is 1. The van der Waals surface area contributed by atoms with Crippen molar-refractivity contribution in [1.29, 1.82) is 0 Å². The lowest BCUT2D eigenvalue weighted by molar-refractivity contribution is 0.565. The van der Waals surface area contributed by atoms with Gasteiger partial charge < -0.3 is 4.42 Å². The Kier molecular flexibility index (Phi) is 1.56. The van der Waals surface area contributed by atoms with Gasteiger partial charge in [-0.15, -0.1) is 0 Å². The van der Waals surface area contributed by atoms with Gasteiger partial charge in [0.05, 0.1) is 0 Å². The quantitative estimate of drug-likeness (QED) is 0.683. The molecular formula is C7H3FINO. The van der Waals surface area contributed by atoms with Crippen LogP contribution >= 0.6 is 22.6 Å². The molecule has 0 aliphatic rings. The van der Waals surface area contributed by atoms with Crippen molar-refractivity contribution >= 4 is 33.7 Å². The molecule has 0 aliphatic carbocycles. The van der Waals surface area contributed by atoms with Crippen molar-refractivity contribution in [1.82, 2.24) is 4.98 Å². The second kappa shape index (κ2) is 2.44. The fraction of sp³-hybridized carbons (Fsp3) is 0. The summed E-state index contributed by atoms with van der Waals surface area (Å²) in [4.78, 5) is 3.95. The minimum atomic E-state index is -0.290. The number of hydrogen-bond donors (Lipinski definition) is 0. The Morgan fingerprint density at radius 3 is 3.09 bits per heavy atom. The van der Waals surface area contributed by atoms with Gasteiger partial charge in [-0.2, -0.15) is 0 Å². The summed E-state index contributed by atoms with van der Waals surface area (Å²) in [6, 6.07) is 4.27. The van der Waals surface area contributed by atoms with Crippen LogP contribution in [-0.4, -0.2) is 4.98 Å². The zero-order chi connectivity index (χ0) is 7.84. The highest BCUT2D eigenvalue weighted by atomic mass is 127. The van der Waals surface area contributed by atoms with E-state index in [0.29, 0.717) is 15.0 Å². The van der Waals surface area contributed by atoms with Crippen LogP contribution in [0.25, 0.3) is 11.1 Å². The molecule has 0 saturated heterocycles. The number of fused-ring (bicyclic) bond motifs is 1. The maximum Gasteiger partial charge on any atom is 0.258 e. The fourth-order valence-corrected chi connectivity index (χ4v) is 1.37. The molecule has 56 valence electrons. The monoisotopic (exact) mass is 263 g/mol. The summed E-state index contributed by atoms with van der Waals surface area (Å²) >= 11 is 1.94. The molecule has 0 spiro atoms. The van der Waals surface area contributed by atoms with Gasteiger partial charge in [-0.05, 0) is 12.1 Å². The van der Waals surface area contributed by atoms with Gasteiger partial charge in [-0.3, -0.25) is 0 Å². The van der Waals surface area contributed by atoms with Crippen LogP contribution in [0.5, 0.6) is 0 Å². The number of aromatic nitrogens is 1. The number of rotatable bonds is 0. The van der Waals surface area contributed by atoms with Gasteiger partial charge in [0.1, 0.15) is 11.3 Å². The van der Waals surface area contributed by atoms with Crippen LogP contribution in [0.4, 0.5) is 4.39 Å². The van der Waals surface area contributed by atoms with Gasteiger partial charge in [0, 0.05) is 28.7 Å². The van der Waals surface area contributed by atoms with Crippen LogP contribution in [-0.2, 0) is 0 Å². The zero-order valence-electron chi connectivity index (χ0n) is 5.34. The van der Waals surface area contributed by atoms with E-state index in [1.807, 2.05) is 22.6 Å². The summed E-state index contributed by atoms with van der Waals surface area (Å²) in [7, 11) is 0. The molecule has 0 N–H and O–H groups in total. The molecule has 0 saturated carbocycles. The Morgan fingerprint density at radius 2 is 2.27 bits per heavy atom. The Labute approximate surface area is 75.6 Å². The molecule has 1 heterocycles. The summed E-state index contributed by atoms with van der Waals surface area (Å²) in [6.07, 6.45) is 0. The number of hydrogen-bond acceptors (Lipinski definition) is 2. The van der Waals surface area contributed by atoms with Crippen molar-refractivity contribution in [2.75, 3.05) is 0 Å². The van der Waals surface area contributed by atoms with E-state index in [1.165, 1.54) is 12.1 Å². The Morgan fingerprint density at radius 1 is 1.45 bits per heavy atom. The maximum atomic E-state index is 12.6. The first-order valence-electron chi connectivity index (χ1n) is 2.97. The molecule has 0 unspecified atom stereocenters. The van der Waals surface area contributed by atoms with Gasteiger partial charge in [0.15, 0.2) is 5.58 Å². The van der Waals surface area contributed by atoms with Gasteiger partial charge in [0.25, 0.3) is 3.90 Å². The van der Waals surface area contributed by atoms with Crippen molar-refractivity contribution in [3.8, 4) is 0 Å². The summed E-state index contributed by atoms with van der Waals surface area (Å²) in [6.45, 7) is 0. The van der Waals surface area contributed by atoms with Crippen molar-refractivity contribution in [3.05, 3.63) is 27.9 Å². The molecule has 1 aromatic carbocycles. The van der Waals surface area contributed by atoms with Gasteiger partial charge >= 0.3 is 0 Å². The number of halogens is 2. The normalized spacial score (nSPS) is 10.7. The molecule has 2 rings (SSSR count). The topological polar surface area (TPSA) is 26.0 Å². The first-order valence-corrected chi connectivity index (χ1v) is 4.05. The molecule has 2 aromatic rings. The second-order valence-corrected chi connectivity index (χ2v) is 3.00. The van der Waals surface area contributed by atoms with Crippen molar-refractivity contribution < 1.29 is 8.81 Å². The summed E-state index contributed by atoms with van der Waals surface area (Å²) in [5, 5.41) is 0. The lowest BCUT2D eigenvalue weighted by atomic mass is 10.3. The third-order valence-electron chi connectivity index (χ3n) is 1.32. The van der Waals surface area contributed by atoms with Crippen LogP contribution in [0.3, 0.4) is 0 Å². The third-order valence-corrected chi connectivity index (χ3v) is 1.78. The summed E-state index contributed by atoms with van der Waals surface area (Å²) in [5.74, 6) is -0.290. The Balaban J connectivity index is 2.82. The summed E-state index contributed by atoms with van der Waals surface area (Å²) < 4.78 is 18.2. The first-order chi connectivity index (χ1) is 5.25. The highest BCUT2D eigenvalue weighted by Gasteiger charge is 2.02. The van der Waals surface area contributed by atoms with Crippen molar-refractivity contribution in [3.63, 3.8) is 0 Å². The Hall–Kier alpha value is -0.650. The van der Waals surface area contributed by atoms with Crippen LogP contribution in [0.2, 0.25) is 0 Å². The molecule has 0 bridgehead atoms. The van der Waals surface area contributed by atoms with Crippen molar-refractivity contribution in [2.45, 2.75) is 0 Å². The highest BCUT2D eigenvalue weighted by Crippen LogP contribution is 2.17. The predicted molar refractivity (Wildman–Crippen MR) is 46.7 cm³/mol. The van der Waals surface area contributed by atoms with E-state index in [-0.39, 0.29) is 5.82 Å². The molecule has 0 fully saturated rings. The van der Waals surface area contributed by atoms with E-state index < -0.39 is 0 Å². The van der Waals surface area contributed by atoms with Crippen LogP contribution in [0.15, 0.2) is 22.6 Å². The molecule has 0 atom stereocenters. The highest BCUT2D eigenvalue weighted by molar-refractivity contribution is 14.1. The van der Waals surface area contributed by atoms with Gasteiger partial charge in [-0.1, -0.05) is 0 Å². The van der Waals surface area contributed by atoms with E-state index in [9.17, 15) is 4.39 Å². The predicted octanol–water partition coefficient (Wildman–Crippen LogP) is 2.57. The minimum absolute atomic E-state index is 0.290. The molecule has 0 aliphatic heterocycles. The second-order valence-electron chi connectivity index (χ2n) is 2.08. The maximum absolute atomic E-state index is 12.6. The average Bonchev–Trinajstić information content (AvgIpc) is 2.27. The van der Waals surface area contributed by atoms with Gasteiger partial charge in [0.2, 0.25) is 0 Å². The van der Waals surface area contributed by atoms with Crippen LogP contribution in [0, 0.1) is 9.71 Å². The molecule has 0 radical (unpaired) electrons. The summed E-state index contributed by atoms with van der Waals surface area (Å²) in [5.41, 5.74) is 1.19. The van der Waals surface area contributed by atoms with E-state index in [1.54, 1.807) is 6.07 Å². The van der Waals surface area contributed by atoms with E-state index in [2.05, 4.69) is 4.98 Å². The Bertz CT molecular complexity index is 398. The van der Waals surface area contributed by atoms with E-state index >= 15 is 0 Å². The van der Waals surface area contributed by atoms with E-state index in [4.69, 9.17) is 4.42 Å². The van der Waals surface area contributed by atoms with Crippen LogP contribution < -0.4 is 0 Å². The molecular weight excluding hydrogens is 260 g/mol. The first kappa shape index (κ1) is 7.02. The fourth-order valence-electron chi connectivity index (χ4n) is 0.872. The van der Waals surface area contributed by atoms with E-state index in [0.717, 1.165) is 0 Å². The molecule has 1 aromatic heterocycles. The largest absolute Gasteiger partial charge is 0.432 e. The smallest absolute Gasteiger partial charge is 0.258 e. The standard InChI is InChI=1S/C7H3FINO/c8-4-1-2-6-5(3-4)10-7(9)11-6/h1-3H. The SMILES string of the molecule is Fc1ccc2oc(I)nc2c1.